The lowest BCUT2D eigenvalue weighted by molar-refractivity contribution is 0.0698. The lowest BCUT2D eigenvalue weighted by Gasteiger charge is -2.32. The van der Waals surface area contributed by atoms with Crippen LogP contribution in [0.25, 0.3) is 0 Å². The Bertz CT molecular complexity index is 819. The Morgan fingerprint density at radius 3 is 2.31 bits per heavy atom. The monoisotopic (exact) mass is 422 g/mol. The first-order chi connectivity index (χ1) is 12.4. The van der Waals surface area contributed by atoms with Crippen molar-refractivity contribution >= 4 is 27.7 Å². The maximum absolute atomic E-state index is 13.7. The minimum atomic E-state index is -0.884. The molecule has 136 valence electrons. The van der Waals surface area contributed by atoms with E-state index in [1.807, 2.05) is 12.1 Å². The zero-order valence-electron chi connectivity index (χ0n) is 13.8. The van der Waals surface area contributed by atoms with Crippen LogP contribution < -0.4 is 5.32 Å². The highest BCUT2D eigenvalue weighted by molar-refractivity contribution is 9.10. The predicted molar refractivity (Wildman–Crippen MR) is 96.9 cm³/mol. The topological polar surface area (TPSA) is 49.4 Å². The first kappa shape index (κ1) is 18.5. The number of carbonyl (C=O) groups is 2. The van der Waals surface area contributed by atoms with Gasteiger partial charge in [-0.3, -0.25) is 9.59 Å². The summed E-state index contributed by atoms with van der Waals surface area (Å²) in [5, 5.41) is 2.76. The quantitative estimate of drug-likeness (QED) is 0.818. The third kappa shape index (κ3) is 4.27. The van der Waals surface area contributed by atoms with Crippen LogP contribution in [0, 0.1) is 11.6 Å². The lowest BCUT2D eigenvalue weighted by Crippen LogP contribution is -2.46. The Balaban J connectivity index is 1.55. The van der Waals surface area contributed by atoms with Gasteiger partial charge in [0.2, 0.25) is 0 Å². The number of amides is 2. The van der Waals surface area contributed by atoms with Gasteiger partial charge in [0.15, 0.2) is 0 Å². The van der Waals surface area contributed by atoms with Crippen molar-refractivity contribution in [3.05, 3.63) is 69.7 Å². The number of rotatable bonds is 3. The third-order valence-corrected chi connectivity index (χ3v) is 4.91. The smallest absolute Gasteiger partial charge is 0.254 e. The van der Waals surface area contributed by atoms with Crippen LogP contribution in [-0.4, -0.2) is 35.8 Å². The average Bonchev–Trinajstić information content (AvgIpc) is 2.62. The van der Waals surface area contributed by atoms with Gasteiger partial charge in [-0.15, -0.1) is 0 Å². The van der Waals surface area contributed by atoms with E-state index in [0.717, 1.165) is 16.6 Å². The van der Waals surface area contributed by atoms with Crippen molar-refractivity contribution in [1.29, 1.82) is 0 Å². The number of hydrogen-bond donors (Lipinski definition) is 1. The molecule has 0 aliphatic carbocycles. The highest BCUT2D eigenvalue weighted by atomic mass is 79.9. The van der Waals surface area contributed by atoms with Crippen molar-refractivity contribution in [3.8, 4) is 0 Å². The minimum Gasteiger partial charge on any atom is -0.349 e. The summed E-state index contributed by atoms with van der Waals surface area (Å²) in [7, 11) is 0. The zero-order valence-corrected chi connectivity index (χ0v) is 15.4. The van der Waals surface area contributed by atoms with Crippen molar-refractivity contribution in [3.63, 3.8) is 0 Å². The van der Waals surface area contributed by atoms with E-state index >= 15 is 0 Å². The van der Waals surface area contributed by atoms with E-state index in [2.05, 4.69) is 21.2 Å². The number of likely N-dealkylation sites (tertiary alicyclic amines) is 1. The molecule has 26 heavy (non-hydrogen) atoms. The Morgan fingerprint density at radius 1 is 1.04 bits per heavy atom. The van der Waals surface area contributed by atoms with Crippen molar-refractivity contribution in [2.24, 2.45) is 0 Å². The summed E-state index contributed by atoms with van der Waals surface area (Å²) in [5.74, 6) is -2.23. The molecule has 1 heterocycles. The zero-order chi connectivity index (χ0) is 18.7. The summed E-state index contributed by atoms with van der Waals surface area (Å²) in [4.78, 5) is 26.4. The molecule has 0 radical (unpaired) electrons. The van der Waals surface area contributed by atoms with Gasteiger partial charge in [0.05, 0.1) is 5.56 Å². The van der Waals surface area contributed by atoms with Crippen LogP contribution >= 0.6 is 15.9 Å². The number of halogens is 3. The maximum atomic E-state index is 13.7. The van der Waals surface area contributed by atoms with Crippen LogP contribution in [0.5, 0.6) is 0 Å². The molecule has 1 aliphatic rings. The summed E-state index contributed by atoms with van der Waals surface area (Å²) in [5.41, 5.74) is 0.434. The van der Waals surface area contributed by atoms with E-state index in [1.54, 1.807) is 17.0 Å². The van der Waals surface area contributed by atoms with Gasteiger partial charge in [0.25, 0.3) is 11.8 Å². The highest BCUT2D eigenvalue weighted by Crippen LogP contribution is 2.17. The predicted octanol–water partition coefficient (Wildman–Crippen LogP) is 3.76. The molecule has 0 unspecified atom stereocenters. The van der Waals surface area contributed by atoms with Crippen LogP contribution in [-0.2, 0) is 0 Å². The number of nitrogens with one attached hydrogen (secondary N) is 1. The molecule has 0 saturated carbocycles. The molecule has 7 heteroatoms. The number of benzene rings is 2. The molecule has 3 rings (SSSR count). The molecular formula is C19H17BrF2N2O2. The Labute approximate surface area is 158 Å². The van der Waals surface area contributed by atoms with E-state index < -0.39 is 17.5 Å². The maximum Gasteiger partial charge on any atom is 0.254 e. The Morgan fingerprint density at radius 2 is 1.69 bits per heavy atom. The van der Waals surface area contributed by atoms with E-state index in [0.29, 0.717) is 37.6 Å². The molecule has 0 atom stereocenters. The van der Waals surface area contributed by atoms with Gasteiger partial charge in [-0.2, -0.15) is 0 Å². The van der Waals surface area contributed by atoms with Gasteiger partial charge in [-0.1, -0.05) is 15.9 Å². The molecule has 1 fully saturated rings. The SMILES string of the molecule is O=C(NC1CCN(C(=O)c2ccc(Br)cc2)CC1)c1ccc(F)cc1F. The van der Waals surface area contributed by atoms with Crippen LogP contribution in [0.3, 0.4) is 0 Å². The molecule has 1 N–H and O–H groups in total. The summed E-state index contributed by atoms with van der Waals surface area (Å²) >= 11 is 3.34. The lowest BCUT2D eigenvalue weighted by atomic mass is 10.0. The molecule has 2 aromatic carbocycles. The molecule has 2 aromatic rings. The van der Waals surface area contributed by atoms with Crippen LogP contribution in [0.1, 0.15) is 33.6 Å². The summed E-state index contributed by atoms with van der Waals surface area (Å²) < 4.78 is 27.5. The van der Waals surface area contributed by atoms with Gasteiger partial charge < -0.3 is 10.2 Å². The van der Waals surface area contributed by atoms with Gasteiger partial charge >= 0.3 is 0 Å². The molecule has 0 aromatic heterocycles. The standard InChI is InChI=1S/C19H17BrF2N2O2/c20-13-3-1-12(2-4-13)19(26)24-9-7-15(8-10-24)23-18(25)16-6-5-14(21)11-17(16)22/h1-6,11,15H,7-10H2,(H,23,25). The first-order valence-electron chi connectivity index (χ1n) is 8.25. The Kier molecular flexibility index (Phi) is 5.66. The van der Waals surface area contributed by atoms with Crippen LogP contribution in [0.4, 0.5) is 8.78 Å². The minimum absolute atomic E-state index is 0.0492. The fourth-order valence-electron chi connectivity index (χ4n) is 2.94. The number of piperidine rings is 1. The van der Waals surface area contributed by atoms with Gasteiger partial charge in [-0.05, 0) is 49.2 Å². The normalized spacial score (nSPS) is 15.0. The number of carbonyl (C=O) groups excluding carboxylic acids is 2. The molecule has 1 saturated heterocycles. The molecule has 0 bridgehead atoms. The summed E-state index contributed by atoms with van der Waals surface area (Å²) in [6.45, 7) is 1.01. The third-order valence-electron chi connectivity index (χ3n) is 4.38. The molecule has 2 amide bonds. The van der Waals surface area contributed by atoms with E-state index in [1.165, 1.54) is 0 Å². The van der Waals surface area contributed by atoms with E-state index in [4.69, 9.17) is 0 Å². The summed E-state index contributed by atoms with van der Waals surface area (Å²) in [6, 6.07) is 9.88. The van der Waals surface area contributed by atoms with Crippen molar-refractivity contribution in [2.45, 2.75) is 18.9 Å². The number of nitrogens with zero attached hydrogens (tertiary/aromatic N) is 1. The van der Waals surface area contributed by atoms with Crippen molar-refractivity contribution in [1.82, 2.24) is 10.2 Å². The average molecular weight is 423 g/mol. The fourth-order valence-corrected chi connectivity index (χ4v) is 3.20. The molecule has 1 aliphatic heterocycles. The largest absolute Gasteiger partial charge is 0.349 e. The van der Waals surface area contributed by atoms with Crippen molar-refractivity contribution in [2.75, 3.05) is 13.1 Å². The van der Waals surface area contributed by atoms with Gasteiger partial charge in [0.1, 0.15) is 11.6 Å². The van der Waals surface area contributed by atoms with Crippen LogP contribution in [0.2, 0.25) is 0 Å². The fraction of sp³-hybridized carbons (Fsp3) is 0.263. The Hall–Kier alpha value is -2.28. The molecule has 0 spiro atoms. The second-order valence-electron chi connectivity index (χ2n) is 6.17. The molecular weight excluding hydrogens is 406 g/mol. The first-order valence-corrected chi connectivity index (χ1v) is 9.04. The summed E-state index contributed by atoms with van der Waals surface area (Å²) in [6.07, 6.45) is 1.16. The van der Waals surface area contributed by atoms with E-state index in [-0.39, 0.29) is 17.5 Å². The number of hydrogen-bond acceptors (Lipinski definition) is 2. The molecule has 4 nitrogen and oxygen atoms in total. The van der Waals surface area contributed by atoms with Gasteiger partial charge in [0, 0.05) is 35.2 Å². The second kappa shape index (κ2) is 7.95. The van der Waals surface area contributed by atoms with E-state index in [9.17, 15) is 18.4 Å². The van der Waals surface area contributed by atoms with Gasteiger partial charge in [-0.25, -0.2) is 8.78 Å². The second-order valence-corrected chi connectivity index (χ2v) is 7.09. The highest BCUT2D eigenvalue weighted by Gasteiger charge is 2.25. The van der Waals surface area contributed by atoms with Crippen molar-refractivity contribution < 1.29 is 18.4 Å². The van der Waals surface area contributed by atoms with Crippen LogP contribution in [0.15, 0.2) is 46.9 Å².